The number of aryl methyl sites for hydroxylation is 1. The standard InChI is InChI=1S/C13H22N4O/c1-9(2)7-14-12-6-13(16-11(4)15-12)17(5)8-10(3)18/h6,9H,7-8H2,1-5H3,(H,14,15,16). The molecule has 18 heavy (non-hydrogen) atoms. The Morgan fingerprint density at radius 2 is 2.11 bits per heavy atom. The zero-order chi connectivity index (χ0) is 13.7. The number of hydrogen-bond acceptors (Lipinski definition) is 5. The van der Waals surface area contributed by atoms with Crippen molar-refractivity contribution in [3.63, 3.8) is 0 Å². The van der Waals surface area contributed by atoms with Crippen molar-refractivity contribution in [2.45, 2.75) is 27.7 Å². The van der Waals surface area contributed by atoms with Crippen LogP contribution in [0, 0.1) is 12.8 Å². The van der Waals surface area contributed by atoms with Gasteiger partial charge in [-0.25, -0.2) is 9.97 Å². The summed E-state index contributed by atoms with van der Waals surface area (Å²) in [4.78, 5) is 21.6. The van der Waals surface area contributed by atoms with E-state index in [0.29, 0.717) is 18.3 Å². The molecule has 5 nitrogen and oxygen atoms in total. The molecule has 5 heteroatoms. The zero-order valence-electron chi connectivity index (χ0n) is 11.8. The maximum absolute atomic E-state index is 11.1. The molecule has 1 aromatic rings. The van der Waals surface area contributed by atoms with Crippen LogP contribution >= 0.6 is 0 Å². The number of likely N-dealkylation sites (N-methyl/N-ethyl adjacent to an activating group) is 1. The zero-order valence-corrected chi connectivity index (χ0v) is 11.8. The second-order valence-corrected chi connectivity index (χ2v) is 4.99. The molecule has 0 unspecified atom stereocenters. The van der Waals surface area contributed by atoms with Crippen molar-refractivity contribution in [2.24, 2.45) is 5.92 Å². The lowest BCUT2D eigenvalue weighted by molar-refractivity contribution is -0.115. The van der Waals surface area contributed by atoms with Gasteiger partial charge in [-0.15, -0.1) is 0 Å². The van der Waals surface area contributed by atoms with Gasteiger partial charge in [0.1, 0.15) is 23.2 Å². The molecule has 0 atom stereocenters. The van der Waals surface area contributed by atoms with Crippen LogP contribution in [0.4, 0.5) is 11.6 Å². The molecule has 0 saturated carbocycles. The number of carbonyl (C=O) groups excluding carboxylic acids is 1. The van der Waals surface area contributed by atoms with Crippen LogP contribution in [-0.2, 0) is 4.79 Å². The molecule has 0 radical (unpaired) electrons. The minimum absolute atomic E-state index is 0.116. The summed E-state index contributed by atoms with van der Waals surface area (Å²) in [6, 6.07) is 1.87. The Kier molecular flexibility index (Phi) is 5.07. The van der Waals surface area contributed by atoms with E-state index in [1.165, 1.54) is 0 Å². The molecule has 0 saturated heterocycles. The molecule has 0 spiro atoms. The maximum atomic E-state index is 11.1. The molecule has 0 fully saturated rings. The van der Waals surface area contributed by atoms with Crippen LogP contribution in [0.5, 0.6) is 0 Å². The number of nitrogens with zero attached hydrogens (tertiary/aromatic N) is 3. The average molecular weight is 250 g/mol. The highest BCUT2D eigenvalue weighted by Crippen LogP contribution is 2.14. The van der Waals surface area contributed by atoms with Gasteiger partial charge in [-0.3, -0.25) is 4.79 Å². The van der Waals surface area contributed by atoms with E-state index in [1.54, 1.807) is 6.92 Å². The molecule has 1 N–H and O–H groups in total. The fourth-order valence-electron chi connectivity index (χ4n) is 1.56. The second kappa shape index (κ2) is 6.33. The summed E-state index contributed by atoms with van der Waals surface area (Å²) in [5.74, 6) is 2.95. The van der Waals surface area contributed by atoms with Crippen molar-refractivity contribution in [2.75, 3.05) is 30.4 Å². The van der Waals surface area contributed by atoms with E-state index in [0.717, 1.165) is 18.2 Å². The smallest absolute Gasteiger partial charge is 0.149 e. The summed E-state index contributed by atoms with van der Waals surface area (Å²) in [7, 11) is 1.86. The molecule has 1 aromatic heterocycles. The number of rotatable bonds is 6. The van der Waals surface area contributed by atoms with Gasteiger partial charge in [0.05, 0.1) is 6.54 Å². The second-order valence-electron chi connectivity index (χ2n) is 4.99. The summed E-state index contributed by atoms with van der Waals surface area (Å²) in [5.41, 5.74) is 0. The number of hydrogen-bond donors (Lipinski definition) is 1. The predicted octanol–water partition coefficient (Wildman–Crippen LogP) is 1.88. The first-order chi connectivity index (χ1) is 8.38. The molecular weight excluding hydrogens is 228 g/mol. The maximum Gasteiger partial charge on any atom is 0.149 e. The normalized spacial score (nSPS) is 10.6. The Balaban J connectivity index is 2.82. The van der Waals surface area contributed by atoms with Gasteiger partial charge in [0.15, 0.2) is 0 Å². The van der Waals surface area contributed by atoms with Crippen molar-refractivity contribution in [1.82, 2.24) is 9.97 Å². The first kappa shape index (κ1) is 14.4. The number of anilines is 2. The number of carbonyl (C=O) groups is 1. The first-order valence-corrected chi connectivity index (χ1v) is 6.18. The van der Waals surface area contributed by atoms with Crippen molar-refractivity contribution in [1.29, 1.82) is 0 Å². The van der Waals surface area contributed by atoms with Gasteiger partial charge >= 0.3 is 0 Å². The van der Waals surface area contributed by atoms with Gasteiger partial charge in [0.2, 0.25) is 0 Å². The van der Waals surface area contributed by atoms with E-state index in [-0.39, 0.29) is 5.78 Å². The van der Waals surface area contributed by atoms with Crippen LogP contribution in [0.15, 0.2) is 6.07 Å². The third kappa shape index (κ3) is 4.69. The third-order valence-corrected chi connectivity index (χ3v) is 2.37. The van der Waals surface area contributed by atoms with Gasteiger partial charge in [0.25, 0.3) is 0 Å². The lowest BCUT2D eigenvalue weighted by Gasteiger charge is -2.18. The summed E-state index contributed by atoms with van der Waals surface area (Å²) in [6.07, 6.45) is 0. The quantitative estimate of drug-likeness (QED) is 0.835. The molecule has 0 bridgehead atoms. The summed E-state index contributed by atoms with van der Waals surface area (Å²) in [5, 5.41) is 3.27. The molecular formula is C13H22N4O. The molecule has 1 heterocycles. The number of nitrogens with one attached hydrogen (secondary N) is 1. The Labute approximate surface area is 109 Å². The Morgan fingerprint density at radius 3 is 2.67 bits per heavy atom. The fraction of sp³-hybridized carbons (Fsp3) is 0.615. The molecule has 0 aliphatic carbocycles. The van der Waals surface area contributed by atoms with E-state index in [1.807, 2.05) is 24.9 Å². The lowest BCUT2D eigenvalue weighted by atomic mass is 10.2. The topological polar surface area (TPSA) is 58.1 Å². The number of ketones is 1. The Morgan fingerprint density at radius 1 is 1.44 bits per heavy atom. The highest BCUT2D eigenvalue weighted by Gasteiger charge is 2.08. The van der Waals surface area contributed by atoms with Gasteiger partial charge in [0, 0.05) is 19.7 Å². The van der Waals surface area contributed by atoms with Gasteiger partial charge < -0.3 is 10.2 Å². The molecule has 0 amide bonds. The highest BCUT2D eigenvalue weighted by atomic mass is 16.1. The molecule has 0 aliphatic rings. The summed E-state index contributed by atoms with van der Waals surface area (Å²) in [6.45, 7) is 8.94. The van der Waals surface area contributed by atoms with E-state index in [4.69, 9.17) is 0 Å². The summed E-state index contributed by atoms with van der Waals surface area (Å²) < 4.78 is 0. The monoisotopic (exact) mass is 250 g/mol. The Hall–Kier alpha value is -1.65. The molecule has 100 valence electrons. The van der Waals surface area contributed by atoms with E-state index < -0.39 is 0 Å². The van der Waals surface area contributed by atoms with Gasteiger partial charge in [-0.1, -0.05) is 13.8 Å². The highest BCUT2D eigenvalue weighted by molar-refractivity contribution is 5.80. The van der Waals surface area contributed by atoms with E-state index in [9.17, 15) is 4.79 Å². The largest absolute Gasteiger partial charge is 0.370 e. The lowest BCUT2D eigenvalue weighted by Crippen LogP contribution is -2.25. The summed E-state index contributed by atoms with van der Waals surface area (Å²) >= 11 is 0. The van der Waals surface area contributed by atoms with E-state index >= 15 is 0 Å². The van der Waals surface area contributed by atoms with Crippen LogP contribution in [0.1, 0.15) is 26.6 Å². The minimum atomic E-state index is 0.116. The van der Waals surface area contributed by atoms with Crippen LogP contribution in [-0.4, -0.2) is 35.9 Å². The minimum Gasteiger partial charge on any atom is -0.370 e. The Bertz CT molecular complexity index is 417. The van der Waals surface area contributed by atoms with E-state index in [2.05, 4.69) is 29.1 Å². The van der Waals surface area contributed by atoms with Crippen molar-refractivity contribution < 1.29 is 4.79 Å². The van der Waals surface area contributed by atoms with Crippen LogP contribution < -0.4 is 10.2 Å². The van der Waals surface area contributed by atoms with Crippen molar-refractivity contribution in [3.8, 4) is 0 Å². The van der Waals surface area contributed by atoms with Crippen molar-refractivity contribution in [3.05, 3.63) is 11.9 Å². The molecule has 0 aromatic carbocycles. The third-order valence-electron chi connectivity index (χ3n) is 2.37. The van der Waals surface area contributed by atoms with Crippen LogP contribution in [0.2, 0.25) is 0 Å². The first-order valence-electron chi connectivity index (χ1n) is 6.18. The molecule has 1 rings (SSSR count). The average Bonchev–Trinajstić information content (AvgIpc) is 2.24. The predicted molar refractivity (Wildman–Crippen MR) is 74.0 cm³/mol. The van der Waals surface area contributed by atoms with Gasteiger partial charge in [-0.2, -0.15) is 0 Å². The number of Topliss-reactive ketones (excluding diaryl/α,β-unsaturated/α-hetero) is 1. The van der Waals surface area contributed by atoms with Crippen LogP contribution in [0.25, 0.3) is 0 Å². The number of aromatic nitrogens is 2. The van der Waals surface area contributed by atoms with Gasteiger partial charge in [-0.05, 0) is 19.8 Å². The van der Waals surface area contributed by atoms with Crippen molar-refractivity contribution >= 4 is 17.4 Å². The fourth-order valence-corrected chi connectivity index (χ4v) is 1.56. The molecule has 0 aliphatic heterocycles. The van der Waals surface area contributed by atoms with Crippen LogP contribution in [0.3, 0.4) is 0 Å². The SMILES string of the molecule is CC(=O)CN(C)c1cc(NCC(C)C)nc(C)n1.